The highest BCUT2D eigenvalue weighted by molar-refractivity contribution is 6.31. The second-order valence-corrected chi connectivity index (χ2v) is 4.52. The number of hydrogen-bond donors (Lipinski definition) is 0. The average molecular weight is 231 g/mol. The van der Waals surface area contributed by atoms with Crippen LogP contribution in [0.3, 0.4) is 0 Å². The van der Waals surface area contributed by atoms with E-state index in [1.807, 2.05) is 27.7 Å². The lowest BCUT2D eigenvalue weighted by molar-refractivity contribution is 0.313. The number of nitrogens with zero attached hydrogens (tertiary/aromatic N) is 2. The molecule has 0 aliphatic rings. The fourth-order valence-electron chi connectivity index (χ4n) is 1.15. The maximum Gasteiger partial charge on any atom is 0.289 e. The Morgan fingerprint density at radius 3 is 2.60 bits per heavy atom. The van der Waals surface area contributed by atoms with Crippen LogP contribution in [-0.2, 0) is 5.54 Å². The third-order valence-corrected chi connectivity index (χ3v) is 2.17. The summed E-state index contributed by atoms with van der Waals surface area (Å²) in [5, 5.41) is 4.11. The van der Waals surface area contributed by atoms with Gasteiger partial charge in [0.1, 0.15) is 0 Å². The lowest BCUT2D eigenvalue weighted by Crippen LogP contribution is -2.36. The smallest absolute Gasteiger partial charge is 0.289 e. The van der Waals surface area contributed by atoms with Crippen LogP contribution in [0.5, 0.6) is 5.75 Å². The monoisotopic (exact) mass is 230 g/mol. The molecule has 0 atom stereocenters. The SMILES string of the molecule is CCOc1cnn(C(C)(C)C)c(=O)c1Cl. The van der Waals surface area contributed by atoms with E-state index < -0.39 is 0 Å². The van der Waals surface area contributed by atoms with Gasteiger partial charge in [0.15, 0.2) is 10.8 Å². The van der Waals surface area contributed by atoms with E-state index >= 15 is 0 Å². The first-order valence-corrected chi connectivity index (χ1v) is 5.17. The minimum absolute atomic E-state index is 0.0850. The molecule has 0 amide bonds. The molecule has 0 radical (unpaired) electrons. The Hall–Kier alpha value is -1.03. The zero-order valence-electron chi connectivity index (χ0n) is 9.37. The summed E-state index contributed by atoms with van der Waals surface area (Å²) >= 11 is 5.88. The van der Waals surface area contributed by atoms with Gasteiger partial charge in [-0.2, -0.15) is 5.10 Å². The quantitative estimate of drug-likeness (QED) is 0.781. The maximum absolute atomic E-state index is 11.8. The Morgan fingerprint density at radius 2 is 2.13 bits per heavy atom. The van der Waals surface area contributed by atoms with Gasteiger partial charge in [-0.05, 0) is 27.7 Å². The topological polar surface area (TPSA) is 44.1 Å². The zero-order valence-corrected chi connectivity index (χ0v) is 10.1. The van der Waals surface area contributed by atoms with E-state index in [1.54, 1.807) is 0 Å². The van der Waals surface area contributed by atoms with Crippen molar-refractivity contribution in [2.45, 2.75) is 33.2 Å². The van der Waals surface area contributed by atoms with Gasteiger partial charge < -0.3 is 4.74 Å². The summed E-state index contributed by atoms with van der Waals surface area (Å²) in [4.78, 5) is 11.8. The molecule has 0 unspecified atom stereocenters. The molecule has 0 saturated carbocycles. The van der Waals surface area contributed by atoms with Crippen molar-refractivity contribution < 1.29 is 4.74 Å². The number of aromatic nitrogens is 2. The molecule has 4 nitrogen and oxygen atoms in total. The third kappa shape index (κ3) is 2.50. The van der Waals surface area contributed by atoms with Crippen LogP contribution in [-0.4, -0.2) is 16.4 Å². The van der Waals surface area contributed by atoms with Crippen molar-refractivity contribution in [1.82, 2.24) is 9.78 Å². The van der Waals surface area contributed by atoms with E-state index in [1.165, 1.54) is 10.9 Å². The van der Waals surface area contributed by atoms with Crippen molar-refractivity contribution in [3.63, 3.8) is 0 Å². The van der Waals surface area contributed by atoms with Crippen molar-refractivity contribution in [3.05, 3.63) is 21.6 Å². The average Bonchev–Trinajstić information content (AvgIpc) is 2.11. The summed E-state index contributed by atoms with van der Waals surface area (Å²) in [6.45, 7) is 7.94. The summed E-state index contributed by atoms with van der Waals surface area (Å²) in [6, 6.07) is 0. The Bertz CT molecular complexity index is 407. The minimum atomic E-state index is -0.383. The molecule has 1 rings (SSSR count). The molecule has 0 fully saturated rings. The second-order valence-electron chi connectivity index (χ2n) is 4.14. The van der Waals surface area contributed by atoms with E-state index in [-0.39, 0.29) is 16.1 Å². The van der Waals surface area contributed by atoms with Crippen LogP contribution < -0.4 is 10.3 Å². The molecule has 0 saturated heterocycles. The lowest BCUT2D eigenvalue weighted by Gasteiger charge is -2.20. The van der Waals surface area contributed by atoms with Gasteiger partial charge in [0.05, 0.1) is 18.3 Å². The largest absolute Gasteiger partial charge is 0.490 e. The summed E-state index contributed by atoms with van der Waals surface area (Å²) in [6.07, 6.45) is 1.47. The molecule has 0 bridgehead atoms. The predicted octanol–water partition coefficient (Wildman–Crippen LogP) is 2.05. The molecular formula is C10H15ClN2O2. The molecular weight excluding hydrogens is 216 g/mol. The van der Waals surface area contributed by atoms with Gasteiger partial charge in [0.2, 0.25) is 0 Å². The van der Waals surface area contributed by atoms with E-state index in [9.17, 15) is 4.79 Å². The summed E-state index contributed by atoms with van der Waals surface area (Å²) in [5.74, 6) is 0.338. The van der Waals surface area contributed by atoms with Crippen LogP contribution in [0, 0.1) is 0 Å². The van der Waals surface area contributed by atoms with Gasteiger partial charge in [-0.15, -0.1) is 0 Å². The van der Waals surface area contributed by atoms with E-state index in [0.717, 1.165) is 0 Å². The molecule has 0 aliphatic heterocycles. The molecule has 1 aromatic rings. The normalized spacial score (nSPS) is 11.5. The Morgan fingerprint density at radius 1 is 1.53 bits per heavy atom. The van der Waals surface area contributed by atoms with Crippen molar-refractivity contribution in [2.24, 2.45) is 0 Å². The number of ether oxygens (including phenoxy) is 1. The minimum Gasteiger partial charge on any atom is -0.490 e. The highest BCUT2D eigenvalue weighted by atomic mass is 35.5. The summed E-state index contributed by atoms with van der Waals surface area (Å²) < 4.78 is 6.52. The summed E-state index contributed by atoms with van der Waals surface area (Å²) in [7, 11) is 0. The zero-order chi connectivity index (χ0) is 11.6. The molecule has 84 valence electrons. The van der Waals surface area contributed by atoms with Gasteiger partial charge in [-0.25, -0.2) is 4.68 Å². The predicted molar refractivity (Wildman–Crippen MR) is 59.7 cm³/mol. The number of halogens is 1. The fraction of sp³-hybridized carbons (Fsp3) is 0.600. The van der Waals surface area contributed by atoms with Gasteiger partial charge in [-0.3, -0.25) is 4.79 Å². The third-order valence-electron chi connectivity index (χ3n) is 1.82. The molecule has 0 spiro atoms. The van der Waals surface area contributed by atoms with Crippen LogP contribution in [0.2, 0.25) is 5.02 Å². The molecule has 0 aliphatic carbocycles. The van der Waals surface area contributed by atoms with Crippen molar-refractivity contribution >= 4 is 11.6 Å². The Kier molecular flexibility index (Phi) is 3.39. The van der Waals surface area contributed by atoms with E-state index in [2.05, 4.69) is 5.10 Å². The second kappa shape index (κ2) is 4.23. The van der Waals surface area contributed by atoms with Gasteiger partial charge in [0.25, 0.3) is 5.56 Å². The number of hydrogen-bond acceptors (Lipinski definition) is 3. The van der Waals surface area contributed by atoms with E-state index in [4.69, 9.17) is 16.3 Å². The first-order valence-electron chi connectivity index (χ1n) is 4.79. The summed E-state index contributed by atoms with van der Waals surface area (Å²) in [5.41, 5.74) is -0.707. The fourth-order valence-corrected chi connectivity index (χ4v) is 1.34. The van der Waals surface area contributed by atoms with Crippen molar-refractivity contribution in [2.75, 3.05) is 6.61 Å². The first-order chi connectivity index (χ1) is 6.88. The molecule has 1 aromatic heterocycles. The number of rotatable bonds is 2. The van der Waals surface area contributed by atoms with Crippen molar-refractivity contribution in [3.8, 4) is 5.75 Å². The molecule has 0 aromatic carbocycles. The van der Waals surface area contributed by atoms with Crippen LogP contribution in [0.1, 0.15) is 27.7 Å². The Labute approximate surface area is 93.8 Å². The van der Waals surface area contributed by atoms with Crippen LogP contribution in [0.4, 0.5) is 0 Å². The molecule has 5 heteroatoms. The van der Waals surface area contributed by atoms with Crippen LogP contribution in [0.25, 0.3) is 0 Å². The molecule has 0 N–H and O–H groups in total. The van der Waals surface area contributed by atoms with Gasteiger partial charge in [0, 0.05) is 0 Å². The van der Waals surface area contributed by atoms with Gasteiger partial charge >= 0.3 is 0 Å². The molecule has 1 heterocycles. The van der Waals surface area contributed by atoms with Crippen LogP contribution >= 0.6 is 11.6 Å². The van der Waals surface area contributed by atoms with Crippen molar-refractivity contribution in [1.29, 1.82) is 0 Å². The first kappa shape index (κ1) is 12.0. The van der Waals surface area contributed by atoms with Gasteiger partial charge in [-0.1, -0.05) is 11.6 Å². The highest BCUT2D eigenvalue weighted by Gasteiger charge is 2.19. The van der Waals surface area contributed by atoms with Crippen LogP contribution in [0.15, 0.2) is 11.0 Å². The van der Waals surface area contributed by atoms with E-state index in [0.29, 0.717) is 12.4 Å². The standard InChI is InChI=1S/C10H15ClN2O2/c1-5-15-7-6-12-13(10(2,3)4)9(14)8(7)11/h6H,5H2,1-4H3. The highest BCUT2D eigenvalue weighted by Crippen LogP contribution is 2.20. The lowest BCUT2D eigenvalue weighted by atomic mass is 10.1. The Balaban J connectivity index is 3.28. The molecule has 15 heavy (non-hydrogen) atoms. The maximum atomic E-state index is 11.8.